The van der Waals surface area contributed by atoms with Gasteiger partial charge in [0.25, 0.3) is 0 Å². The summed E-state index contributed by atoms with van der Waals surface area (Å²) in [5, 5.41) is 6.70. The van der Waals surface area contributed by atoms with Crippen LogP contribution in [0, 0.1) is 0 Å². The lowest BCUT2D eigenvalue weighted by atomic mass is 10.1. The summed E-state index contributed by atoms with van der Waals surface area (Å²) in [4.78, 5) is 11.1. The van der Waals surface area contributed by atoms with Gasteiger partial charge in [-0.2, -0.15) is 0 Å². The minimum atomic E-state index is -0.483. The maximum atomic E-state index is 11.1. The van der Waals surface area contributed by atoms with Gasteiger partial charge in [-0.1, -0.05) is 23.7 Å². The van der Waals surface area contributed by atoms with Gasteiger partial charge in [-0.05, 0) is 48.9 Å². The molecule has 2 rings (SSSR count). The van der Waals surface area contributed by atoms with Crippen molar-refractivity contribution in [3.05, 3.63) is 59.1 Å². The number of hydrogen-bond acceptors (Lipinski definition) is 3. The van der Waals surface area contributed by atoms with Gasteiger partial charge in [0.1, 0.15) is 0 Å². The van der Waals surface area contributed by atoms with E-state index in [1.807, 2.05) is 48.5 Å². The van der Waals surface area contributed by atoms with Crippen molar-refractivity contribution in [2.45, 2.75) is 13.0 Å². The smallest absolute Gasteiger partial charge is 0.411 e. The van der Waals surface area contributed by atoms with Gasteiger partial charge in [0.05, 0.1) is 7.11 Å². The molecule has 2 aromatic carbocycles. The quantitative estimate of drug-likeness (QED) is 0.861. The van der Waals surface area contributed by atoms with Crippen LogP contribution in [0.15, 0.2) is 48.5 Å². The highest BCUT2D eigenvalue weighted by Gasteiger charge is 2.06. The van der Waals surface area contributed by atoms with Gasteiger partial charge in [-0.15, -0.1) is 0 Å². The minimum absolute atomic E-state index is 0.128. The molecule has 21 heavy (non-hydrogen) atoms. The first kappa shape index (κ1) is 15.2. The zero-order valence-electron chi connectivity index (χ0n) is 11.9. The molecular weight excluding hydrogens is 288 g/mol. The Balaban J connectivity index is 2.01. The molecule has 0 aliphatic rings. The zero-order chi connectivity index (χ0) is 15.2. The summed E-state index contributed by atoms with van der Waals surface area (Å²) in [6.07, 6.45) is -0.483. The zero-order valence-corrected chi connectivity index (χ0v) is 12.6. The summed E-state index contributed by atoms with van der Waals surface area (Å²) in [6, 6.07) is 15.3. The Morgan fingerprint density at radius 1 is 1.14 bits per heavy atom. The summed E-state index contributed by atoms with van der Waals surface area (Å²) in [7, 11) is 1.33. The molecule has 1 atom stereocenters. The first-order valence-corrected chi connectivity index (χ1v) is 6.93. The molecule has 110 valence electrons. The van der Waals surface area contributed by atoms with Gasteiger partial charge in [-0.3, -0.25) is 5.32 Å². The Hall–Kier alpha value is -2.20. The number of anilines is 2. The fourth-order valence-corrected chi connectivity index (χ4v) is 2.13. The van der Waals surface area contributed by atoms with Gasteiger partial charge in [0, 0.05) is 22.4 Å². The number of ether oxygens (including phenoxy) is 1. The number of carbonyl (C=O) groups excluding carboxylic acids is 1. The van der Waals surface area contributed by atoms with Crippen LogP contribution in [0.25, 0.3) is 0 Å². The summed E-state index contributed by atoms with van der Waals surface area (Å²) in [6.45, 7) is 2.06. The van der Waals surface area contributed by atoms with Crippen LogP contribution in [0.4, 0.5) is 16.2 Å². The lowest BCUT2D eigenvalue weighted by Gasteiger charge is -2.16. The third kappa shape index (κ3) is 4.39. The Morgan fingerprint density at radius 3 is 2.43 bits per heavy atom. The molecular formula is C16H17ClN2O2. The third-order valence-corrected chi connectivity index (χ3v) is 3.28. The molecule has 1 unspecified atom stereocenters. The van der Waals surface area contributed by atoms with Gasteiger partial charge in [0.2, 0.25) is 0 Å². The number of hydrogen-bond donors (Lipinski definition) is 2. The van der Waals surface area contributed by atoms with E-state index in [0.29, 0.717) is 5.69 Å². The van der Waals surface area contributed by atoms with E-state index in [0.717, 1.165) is 16.3 Å². The van der Waals surface area contributed by atoms with Crippen LogP contribution in [0.2, 0.25) is 5.02 Å². The number of methoxy groups -OCH3 is 1. The number of nitrogens with one attached hydrogen (secondary N) is 2. The van der Waals surface area contributed by atoms with Crippen molar-refractivity contribution in [3.63, 3.8) is 0 Å². The van der Waals surface area contributed by atoms with E-state index in [9.17, 15) is 4.79 Å². The lowest BCUT2D eigenvalue weighted by Crippen LogP contribution is -2.11. The number of amides is 1. The van der Waals surface area contributed by atoms with Gasteiger partial charge in [-0.25, -0.2) is 4.79 Å². The van der Waals surface area contributed by atoms with Gasteiger partial charge < -0.3 is 10.1 Å². The van der Waals surface area contributed by atoms with Crippen molar-refractivity contribution < 1.29 is 9.53 Å². The Kier molecular flexibility index (Phi) is 5.06. The molecule has 0 aliphatic carbocycles. The molecule has 0 radical (unpaired) electrons. The van der Waals surface area contributed by atoms with Gasteiger partial charge in [0.15, 0.2) is 0 Å². The van der Waals surface area contributed by atoms with Crippen LogP contribution in [-0.4, -0.2) is 13.2 Å². The second-order valence-electron chi connectivity index (χ2n) is 4.61. The van der Waals surface area contributed by atoms with Crippen molar-refractivity contribution >= 4 is 29.1 Å². The van der Waals surface area contributed by atoms with Crippen molar-refractivity contribution in [2.24, 2.45) is 0 Å². The molecule has 0 spiro atoms. The van der Waals surface area contributed by atoms with E-state index in [1.54, 1.807) is 0 Å². The SMILES string of the molecule is COC(=O)Nc1ccc(NC(C)c2cccc(Cl)c2)cc1. The predicted octanol–water partition coefficient (Wildman–Crippen LogP) is 4.69. The number of benzene rings is 2. The molecule has 0 heterocycles. The monoisotopic (exact) mass is 304 g/mol. The van der Waals surface area contributed by atoms with Crippen LogP contribution >= 0.6 is 11.6 Å². The number of rotatable bonds is 4. The second kappa shape index (κ2) is 6.99. The minimum Gasteiger partial charge on any atom is -0.453 e. The highest BCUT2D eigenvalue weighted by molar-refractivity contribution is 6.30. The Labute approximate surface area is 129 Å². The van der Waals surface area contributed by atoms with E-state index >= 15 is 0 Å². The van der Waals surface area contributed by atoms with Crippen LogP contribution in [0.3, 0.4) is 0 Å². The molecule has 4 nitrogen and oxygen atoms in total. The molecule has 0 bridgehead atoms. The van der Waals surface area contributed by atoms with Crippen molar-refractivity contribution in [3.8, 4) is 0 Å². The Bertz CT molecular complexity index is 614. The maximum absolute atomic E-state index is 11.1. The predicted molar refractivity (Wildman–Crippen MR) is 86.0 cm³/mol. The summed E-state index contributed by atoms with van der Waals surface area (Å²) >= 11 is 6.00. The number of carbonyl (C=O) groups is 1. The molecule has 0 saturated carbocycles. The first-order valence-electron chi connectivity index (χ1n) is 6.55. The fraction of sp³-hybridized carbons (Fsp3) is 0.188. The Morgan fingerprint density at radius 2 is 1.81 bits per heavy atom. The maximum Gasteiger partial charge on any atom is 0.411 e. The average molecular weight is 305 g/mol. The topological polar surface area (TPSA) is 50.4 Å². The lowest BCUT2D eigenvalue weighted by molar-refractivity contribution is 0.187. The number of halogens is 1. The molecule has 2 aromatic rings. The standard InChI is InChI=1S/C16H17ClN2O2/c1-11(12-4-3-5-13(17)10-12)18-14-6-8-15(9-7-14)19-16(20)21-2/h3-11,18H,1-2H3,(H,19,20). The molecule has 2 N–H and O–H groups in total. The normalized spacial score (nSPS) is 11.6. The van der Waals surface area contributed by atoms with Crippen LogP contribution < -0.4 is 10.6 Å². The van der Waals surface area contributed by atoms with E-state index in [1.165, 1.54) is 7.11 Å². The van der Waals surface area contributed by atoms with E-state index < -0.39 is 6.09 Å². The summed E-state index contributed by atoms with van der Waals surface area (Å²) < 4.78 is 4.54. The molecule has 0 fully saturated rings. The average Bonchev–Trinajstić information content (AvgIpc) is 2.49. The van der Waals surface area contributed by atoms with Crippen LogP contribution in [0.1, 0.15) is 18.5 Å². The van der Waals surface area contributed by atoms with Crippen molar-refractivity contribution in [2.75, 3.05) is 17.7 Å². The highest BCUT2D eigenvalue weighted by Crippen LogP contribution is 2.22. The van der Waals surface area contributed by atoms with Crippen LogP contribution in [0.5, 0.6) is 0 Å². The molecule has 0 aromatic heterocycles. The molecule has 0 saturated heterocycles. The second-order valence-corrected chi connectivity index (χ2v) is 5.05. The van der Waals surface area contributed by atoms with Crippen molar-refractivity contribution in [1.29, 1.82) is 0 Å². The van der Waals surface area contributed by atoms with E-state index in [-0.39, 0.29) is 6.04 Å². The largest absolute Gasteiger partial charge is 0.453 e. The highest BCUT2D eigenvalue weighted by atomic mass is 35.5. The molecule has 0 aliphatic heterocycles. The van der Waals surface area contributed by atoms with Crippen molar-refractivity contribution in [1.82, 2.24) is 0 Å². The first-order chi connectivity index (χ1) is 10.1. The fourth-order valence-electron chi connectivity index (χ4n) is 1.93. The molecule has 5 heteroatoms. The van der Waals surface area contributed by atoms with E-state index in [4.69, 9.17) is 11.6 Å². The molecule has 1 amide bonds. The van der Waals surface area contributed by atoms with Crippen LogP contribution in [-0.2, 0) is 4.74 Å². The van der Waals surface area contributed by atoms with E-state index in [2.05, 4.69) is 22.3 Å². The summed E-state index contributed by atoms with van der Waals surface area (Å²) in [5.41, 5.74) is 2.75. The third-order valence-electron chi connectivity index (χ3n) is 3.05. The van der Waals surface area contributed by atoms with Gasteiger partial charge >= 0.3 is 6.09 Å². The summed E-state index contributed by atoms with van der Waals surface area (Å²) in [5.74, 6) is 0.